The third-order valence-electron chi connectivity index (χ3n) is 4.36. The lowest BCUT2D eigenvalue weighted by molar-refractivity contribution is -0.359. The number of thioether (sulfide) groups is 1. The molecule has 2 aromatic carbocycles. The molecule has 0 aliphatic rings. The number of hydrogen-bond donors (Lipinski definition) is 1. The zero-order chi connectivity index (χ0) is 26.8. The first-order chi connectivity index (χ1) is 15.9. The molecule has 196 valence electrons. The van der Waals surface area contributed by atoms with Gasteiger partial charge in [0, 0.05) is 15.7 Å². The van der Waals surface area contributed by atoms with Gasteiger partial charge in [0.15, 0.2) is 11.9 Å². The number of alkyl halides is 10. The number of hydroxylamine groups is 1. The quantitative estimate of drug-likeness (QED) is 0.208. The third kappa shape index (κ3) is 6.87. The number of anilines is 1. The molecule has 14 heteroatoms. The predicted octanol–water partition coefficient (Wildman–Crippen LogP) is 7.20. The van der Waals surface area contributed by atoms with E-state index in [9.17, 15) is 49.0 Å². The highest BCUT2D eigenvalue weighted by molar-refractivity contribution is 7.99. The smallest absolute Gasteiger partial charge is 0.382 e. The Morgan fingerprint density at radius 3 is 2.03 bits per heavy atom. The van der Waals surface area contributed by atoms with E-state index in [2.05, 4.69) is 0 Å². The molecule has 0 aliphatic carbocycles. The molecule has 0 bridgehead atoms. The molecular weight excluding hydrogens is 520 g/mol. The van der Waals surface area contributed by atoms with Crippen molar-refractivity contribution in [3.05, 3.63) is 54.1 Å². The highest BCUT2D eigenvalue weighted by Crippen LogP contribution is 2.52. The molecule has 0 saturated heterocycles. The van der Waals surface area contributed by atoms with Gasteiger partial charge in [-0.05, 0) is 30.3 Å². The second kappa shape index (κ2) is 10.3. The standard InChI is InChI=1S/C21H19F10NO2S/c1-12(2)35-16-8-4-6-14(10-16)32(11-17(33)19(24,25)26)34-15-7-3-5-13(9-15)18(22,23)20(27,28)21(29,30)31/h3-10,12,17,33H,11H2,1-2H3. The van der Waals surface area contributed by atoms with Crippen molar-refractivity contribution in [2.24, 2.45) is 0 Å². The Morgan fingerprint density at radius 2 is 1.49 bits per heavy atom. The first kappa shape index (κ1) is 28.9. The van der Waals surface area contributed by atoms with Gasteiger partial charge < -0.3 is 9.94 Å². The fourth-order valence-corrected chi connectivity index (χ4v) is 3.57. The van der Waals surface area contributed by atoms with Crippen molar-refractivity contribution in [1.29, 1.82) is 0 Å². The minimum Gasteiger partial charge on any atom is -0.382 e. The Balaban J connectivity index is 2.46. The summed E-state index contributed by atoms with van der Waals surface area (Å²) in [5.41, 5.74) is -1.85. The maximum absolute atomic E-state index is 14.1. The van der Waals surface area contributed by atoms with Crippen LogP contribution in [0.3, 0.4) is 0 Å². The van der Waals surface area contributed by atoms with Crippen molar-refractivity contribution < 1.29 is 53.8 Å². The topological polar surface area (TPSA) is 32.7 Å². The van der Waals surface area contributed by atoms with Gasteiger partial charge in [0.2, 0.25) is 0 Å². The molecule has 1 atom stereocenters. The molecule has 2 rings (SSSR count). The Labute approximate surface area is 197 Å². The molecule has 0 radical (unpaired) electrons. The van der Waals surface area contributed by atoms with E-state index in [4.69, 9.17) is 4.84 Å². The van der Waals surface area contributed by atoms with Crippen LogP contribution in [0.5, 0.6) is 5.75 Å². The molecule has 1 N–H and O–H groups in total. The average molecular weight is 539 g/mol. The van der Waals surface area contributed by atoms with Gasteiger partial charge in [-0.25, -0.2) is 5.06 Å². The number of hydrogen-bond acceptors (Lipinski definition) is 4. The van der Waals surface area contributed by atoms with Crippen molar-refractivity contribution in [3.8, 4) is 5.75 Å². The van der Waals surface area contributed by atoms with Crippen LogP contribution in [-0.4, -0.2) is 41.3 Å². The van der Waals surface area contributed by atoms with Gasteiger partial charge in [-0.3, -0.25) is 0 Å². The molecule has 0 spiro atoms. The van der Waals surface area contributed by atoms with Crippen LogP contribution in [-0.2, 0) is 5.92 Å². The third-order valence-corrected chi connectivity index (χ3v) is 5.35. The highest BCUT2D eigenvalue weighted by Gasteiger charge is 2.73. The highest BCUT2D eigenvalue weighted by atomic mass is 32.2. The molecular formula is C21H19F10NO2S. The van der Waals surface area contributed by atoms with Crippen molar-refractivity contribution in [3.63, 3.8) is 0 Å². The van der Waals surface area contributed by atoms with E-state index in [1.807, 2.05) is 13.8 Å². The van der Waals surface area contributed by atoms with E-state index in [1.54, 1.807) is 6.07 Å². The van der Waals surface area contributed by atoms with Crippen LogP contribution in [0, 0.1) is 0 Å². The van der Waals surface area contributed by atoms with Crippen LogP contribution in [0.2, 0.25) is 0 Å². The van der Waals surface area contributed by atoms with E-state index in [1.165, 1.54) is 30.0 Å². The summed E-state index contributed by atoms with van der Waals surface area (Å²) < 4.78 is 131. The zero-order valence-electron chi connectivity index (χ0n) is 18.0. The molecule has 0 heterocycles. The SMILES string of the molecule is CC(C)Sc1cccc(N(CC(O)C(F)(F)F)Oc2cccc(C(F)(F)C(F)(F)C(F)(F)F)c2)c1. The summed E-state index contributed by atoms with van der Waals surface area (Å²) in [5, 5.41) is 10.0. The second-order valence-electron chi connectivity index (χ2n) is 7.55. The number of halogens is 10. The summed E-state index contributed by atoms with van der Waals surface area (Å²) in [7, 11) is 0. The fraction of sp³-hybridized carbons (Fsp3) is 0.429. The maximum Gasteiger partial charge on any atom is 0.460 e. The number of aliphatic hydroxyl groups is 1. The Morgan fingerprint density at radius 1 is 0.886 bits per heavy atom. The van der Waals surface area contributed by atoms with Crippen molar-refractivity contribution in [1.82, 2.24) is 0 Å². The molecule has 0 fully saturated rings. The van der Waals surface area contributed by atoms with Gasteiger partial charge in [0.1, 0.15) is 0 Å². The summed E-state index contributed by atoms with van der Waals surface area (Å²) in [6.07, 6.45) is -14.6. The number of rotatable bonds is 9. The fourth-order valence-electron chi connectivity index (χ4n) is 2.67. The summed E-state index contributed by atoms with van der Waals surface area (Å²) in [5.74, 6) is -12.9. The van der Waals surface area contributed by atoms with Gasteiger partial charge in [-0.15, -0.1) is 11.8 Å². The molecule has 0 aromatic heterocycles. The summed E-state index contributed by atoms with van der Waals surface area (Å²) in [4.78, 5) is 5.73. The molecule has 2 aromatic rings. The number of benzene rings is 2. The van der Waals surface area contributed by atoms with Crippen LogP contribution < -0.4 is 9.90 Å². The Bertz CT molecular complexity index is 995. The molecule has 0 amide bonds. The minimum atomic E-state index is -6.58. The van der Waals surface area contributed by atoms with E-state index in [-0.39, 0.29) is 17.0 Å². The van der Waals surface area contributed by atoms with E-state index in [0.717, 1.165) is 6.07 Å². The normalized spacial score (nSPS) is 14.2. The van der Waals surface area contributed by atoms with Crippen molar-refractivity contribution in [2.45, 2.75) is 54.3 Å². The average Bonchev–Trinajstić information content (AvgIpc) is 2.71. The first-order valence-corrected chi connectivity index (χ1v) is 10.6. The molecule has 3 nitrogen and oxygen atoms in total. The van der Waals surface area contributed by atoms with Crippen LogP contribution >= 0.6 is 11.8 Å². The lowest BCUT2D eigenvalue weighted by Gasteiger charge is -2.30. The monoisotopic (exact) mass is 539 g/mol. The number of nitrogens with zero attached hydrogens (tertiary/aromatic N) is 1. The predicted molar refractivity (Wildman–Crippen MR) is 109 cm³/mol. The minimum absolute atomic E-state index is 0.0644. The van der Waals surface area contributed by atoms with E-state index >= 15 is 0 Å². The Kier molecular flexibility index (Phi) is 8.52. The van der Waals surface area contributed by atoms with E-state index < -0.39 is 48.2 Å². The number of aliphatic hydroxyl groups excluding tert-OH is 1. The van der Waals surface area contributed by atoms with Gasteiger partial charge in [0.25, 0.3) is 0 Å². The lowest BCUT2D eigenvalue weighted by Crippen LogP contribution is -2.50. The van der Waals surface area contributed by atoms with Crippen molar-refractivity contribution in [2.75, 3.05) is 11.6 Å². The largest absolute Gasteiger partial charge is 0.460 e. The molecule has 35 heavy (non-hydrogen) atoms. The Hall–Kier alpha value is -2.35. The van der Waals surface area contributed by atoms with Crippen LogP contribution in [0.1, 0.15) is 19.4 Å². The van der Waals surface area contributed by atoms with Crippen molar-refractivity contribution >= 4 is 17.4 Å². The van der Waals surface area contributed by atoms with Crippen LogP contribution in [0.4, 0.5) is 49.6 Å². The molecule has 0 aliphatic heterocycles. The van der Waals surface area contributed by atoms with E-state index in [0.29, 0.717) is 22.1 Å². The van der Waals surface area contributed by atoms with Gasteiger partial charge in [0.05, 0.1) is 12.2 Å². The van der Waals surface area contributed by atoms with Crippen LogP contribution in [0.15, 0.2) is 53.4 Å². The van der Waals surface area contributed by atoms with Gasteiger partial charge in [-0.1, -0.05) is 32.0 Å². The van der Waals surface area contributed by atoms with Gasteiger partial charge in [-0.2, -0.15) is 43.9 Å². The second-order valence-corrected chi connectivity index (χ2v) is 9.20. The summed E-state index contributed by atoms with van der Waals surface area (Å²) in [6.45, 7) is 2.40. The molecule has 0 saturated carbocycles. The van der Waals surface area contributed by atoms with Crippen LogP contribution in [0.25, 0.3) is 0 Å². The van der Waals surface area contributed by atoms with Gasteiger partial charge >= 0.3 is 24.2 Å². The molecule has 1 unspecified atom stereocenters. The summed E-state index contributed by atoms with van der Waals surface area (Å²) in [6, 6.07) is 7.67. The maximum atomic E-state index is 14.1. The first-order valence-electron chi connectivity index (χ1n) is 9.76. The zero-order valence-corrected chi connectivity index (χ0v) is 18.8. The summed E-state index contributed by atoms with van der Waals surface area (Å²) >= 11 is 1.32. The lowest BCUT2D eigenvalue weighted by atomic mass is 10.0.